The van der Waals surface area contributed by atoms with E-state index in [1.165, 1.54) is 0 Å². The first-order valence-electron chi connectivity index (χ1n) is 0. The van der Waals surface area contributed by atoms with Gasteiger partial charge in [-0.3, -0.25) is 0 Å². The molecule has 0 saturated carbocycles. The van der Waals surface area contributed by atoms with E-state index in [1.54, 1.807) is 0 Å². The van der Waals surface area contributed by atoms with Gasteiger partial charge in [-0.1, -0.05) is 0 Å². The molecule has 0 bridgehead atoms. The Hall–Kier alpha value is 1.92. The van der Waals surface area contributed by atoms with Gasteiger partial charge in [0, 0.05) is 68.0 Å². The van der Waals surface area contributed by atoms with Crippen LogP contribution in [0.25, 0.3) is 0 Å². The summed E-state index contributed by atoms with van der Waals surface area (Å²) in [6, 6.07) is 0. The molecule has 0 unspecified atom stereocenters. The van der Waals surface area contributed by atoms with E-state index in [9.17, 15) is 0 Å². The van der Waals surface area contributed by atoms with Crippen LogP contribution < -0.4 is 0 Å². The van der Waals surface area contributed by atoms with Crippen molar-refractivity contribution in [1.82, 2.24) is 0 Å². The van der Waals surface area contributed by atoms with Gasteiger partial charge in [0.1, 0.15) is 0 Å². The zero-order chi connectivity index (χ0) is 0. The van der Waals surface area contributed by atoms with Crippen LogP contribution >= 0.6 is 0 Å². The van der Waals surface area contributed by atoms with E-state index >= 15 is 0 Å². The van der Waals surface area contributed by atoms with Gasteiger partial charge in [0.15, 0.2) is 0 Å². The molecule has 0 aliphatic heterocycles. The van der Waals surface area contributed by atoms with Crippen molar-refractivity contribution in [3.63, 3.8) is 0 Å². The number of rotatable bonds is 0. The molecule has 0 amide bonds. The molecule has 10 valence electrons. The third kappa shape index (κ3) is 9.07. The predicted octanol–water partition coefficient (Wildman–Crippen LogP) is -1.52. The third-order valence-electron chi connectivity index (χ3n) is 0. The Labute approximate surface area is 67.4 Å². The smallest absolute Gasteiger partial charge is 0 e. The van der Waals surface area contributed by atoms with E-state index in [-0.39, 0.29) is 68.0 Å². The van der Waals surface area contributed by atoms with Gasteiger partial charge in [0.25, 0.3) is 0 Å². The summed E-state index contributed by atoms with van der Waals surface area (Å²) in [7, 11) is 0. The molecule has 0 spiro atoms. The van der Waals surface area contributed by atoms with Crippen molar-refractivity contribution in [2.24, 2.45) is 0 Å². The van der Waals surface area contributed by atoms with Gasteiger partial charge < -0.3 is 0 Å². The summed E-state index contributed by atoms with van der Waals surface area (Å²) in [5.74, 6) is 0. The minimum absolute atomic E-state index is 0. The molecule has 0 atom stereocenters. The molecule has 0 aliphatic carbocycles. The molecule has 0 N–H and O–H groups in total. The van der Waals surface area contributed by atoms with Gasteiger partial charge in [0.05, 0.1) is 0 Å². The molecule has 0 nitrogen and oxygen atoms in total. The monoisotopic (exact) mass is 87.0 g/mol. The van der Waals surface area contributed by atoms with Crippen LogP contribution in [0.2, 0.25) is 0 Å². The zero-order valence-corrected chi connectivity index (χ0v) is 6.94. The first kappa shape index (κ1) is 38.9. The van der Waals surface area contributed by atoms with Crippen LogP contribution in [0.4, 0.5) is 0 Å². The number of hydrogen-bond donors (Lipinski definition) is 0. The van der Waals surface area contributed by atoms with Gasteiger partial charge >= 0.3 is 0 Å². The van der Waals surface area contributed by atoms with Crippen molar-refractivity contribution < 1.29 is 0 Å². The Morgan fingerprint density at radius 2 is 1.00 bits per heavy atom. The summed E-state index contributed by atoms with van der Waals surface area (Å²) in [4.78, 5) is 0. The molecular weight excluding hydrogens is 87.1 g/mol. The molecule has 0 aliphatic rings. The van der Waals surface area contributed by atoms with Crippen LogP contribution in [0.3, 0.4) is 0 Å². The van der Waals surface area contributed by atoms with Crippen molar-refractivity contribution >= 4 is 68.0 Å². The summed E-state index contributed by atoms with van der Waals surface area (Å²) in [5, 5.41) is 0. The molecule has 4 heavy (non-hydrogen) atoms. The van der Waals surface area contributed by atoms with Crippen molar-refractivity contribution in [3.05, 3.63) is 0 Å². The van der Waals surface area contributed by atoms with Crippen LogP contribution in [0.1, 0.15) is 0 Å². The quantitative estimate of drug-likeness (QED) is 0.315. The molecule has 0 rings (SSSR count). The van der Waals surface area contributed by atoms with Gasteiger partial charge in [-0.2, -0.15) is 0 Å². The first-order chi connectivity index (χ1) is 0. The molecule has 0 aromatic rings. The Balaban J connectivity index is 0. The maximum Gasteiger partial charge on any atom is 0 e. The van der Waals surface area contributed by atoms with Crippen molar-refractivity contribution in [3.8, 4) is 0 Å². The van der Waals surface area contributed by atoms with Gasteiger partial charge in [-0.05, 0) is 0 Å². The van der Waals surface area contributed by atoms with Gasteiger partial charge in [0.2, 0.25) is 0 Å². The normalized spacial score (nSPS) is 0. The zero-order valence-electron chi connectivity index (χ0n) is 2.78. The molecule has 10 radical (unpaired) electrons. The molecule has 0 aromatic heterocycles. The topological polar surface area (TPSA) is 0 Å². The average molecular weight is 87.1 g/mol. The molecule has 0 heterocycles. The van der Waals surface area contributed by atoms with Gasteiger partial charge in [-0.15, -0.1) is 0 Å². The van der Waals surface area contributed by atoms with E-state index in [0.717, 1.165) is 0 Å². The molecular formula is AlBeNaSi. The minimum Gasteiger partial charge on any atom is 0 e. The fourth-order valence-corrected chi connectivity index (χ4v) is 0. The maximum atomic E-state index is 0. The Morgan fingerprint density at radius 3 is 1.00 bits per heavy atom. The second kappa shape index (κ2) is 20.5. The second-order valence-electron chi connectivity index (χ2n) is 0. The first-order valence-corrected chi connectivity index (χ1v) is 0. The Bertz CT molecular complexity index is 8.00. The predicted molar refractivity (Wildman–Crippen MR) is 23.0 cm³/mol. The Kier molecular flexibility index (Phi) is 200. The fraction of sp³-hybridized carbons (Fsp3) is 0. The van der Waals surface area contributed by atoms with Crippen molar-refractivity contribution in [2.75, 3.05) is 0 Å². The van der Waals surface area contributed by atoms with Crippen LogP contribution in [0, 0.1) is 0 Å². The minimum atomic E-state index is 0. The van der Waals surface area contributed by atoms with Crippen LogP contribution in [-0.2, 0) is 0 Å². The van der Waals surface area contributed by atoms with Gasteiger partial charge in [-0.25, -0.2) is 0 Å². The van der Waals surface area contributed by atoms with E-state index in [4.69, 9.17) is 0 Å². The van der Waals surface area contributed by atoms with Crippen molar-refractivity contribution in [1.29, 1.82) is 0 Å². The number of hydrogen-bond acceptors (Lipinski definition) is 0. The van der Waals surface area contributed by atoms with Crippen LogP contribution in [-0.4, -0.2) is 68.0 Å². The average Bonchev–Trinajstić information content (AvgIpc) is 0. The standard InChI is InChI=1S/Al.Be.Na.Si. The fourth-order valence-electron chi connectivity index (χ4n) is 0. The van der Waals surface area contributed by atoms with Crippen LogP contribution in [0.15, 0.2) is 0 Å². The summed E-state index contributed by atoms with van der Waals surface area (Å²) >= 11 is 0. The SMILES string of the molecule is [Al].[Be].[Na].[Si]. The van der Waals surface area contributed by atoms with E-state index in [0.29, 0.717) is 0 Å². The molecule has 0 aromatic carbocycles. The molecule has 0 fully saturated rings. The van der Waals surface area contributed by atoms with E-state index < -0.39 is 0 Å². The Morgan fingerprint density at radius 1 is 1.00 bits per heavy atom. The third-order valence-corrected chi connectivity index (χ3v) is 0. The van der Waals surface area contributed by atoms with Crippen LogP contribution in [0.5, 0.6) is 0 Å². The summed E-state index contributed by atoms with van der Waals surface area (Å²) < 4.78 is 0. The van der Waals surface area contributed by atoms with Crippen molar-refractivity contribution in [2.45, 2.75) is 0 Å². The summed E-state index contributed by atoms with van der Waals surface area (Å²) in [6.45, 7) is 0. The second-order valence-corrected chi connectivity index (χ2v) is 0. The molecule has 0 saturated heterocycles. The molecule has 4 heteroatoms. The van der Waals surface area contributed by atoms with E-state index in [1.807, 2.05) is 0 Å². The summed E-state index contributed by atoms with van der Waals surface area (Å²) in [5.41, 5.74) is 0. The maximum absolute atomic E-state index is 0. The summed E-state index contributed by atoms with van der Waals surface area (Å²) in [6.07, 6.45) is 0. The van der Waals surface area contributed by atoms with E-state index in [2.05, 4.69) is 0 Å². The largest absolute Gasteiger partial charge is 0 e.